The van der Waals surface area contributed by atoms with Crippen LogP contribution in [0.2, 0.25) is 0 Å². The van der Waals surface area contributed by atoms with Crippen molar-refractivity contribution in [2.45, 2.75) is 26.2 Å². The molecular formula is C34H25F4N. The summed E-state index contributed by atoms with van der Waals surface area (Å²) in [5.41, 5.74) is 6.00. The Hall–Kier alpha value is -4.38. The van der Waals surface area contributed by atoms with Crippen LogP contribution in [0.4, 0.5) is 17.6 Å². The number of hydrogen-bond acceptors (Lipinski definition) is 0. The van der Waals surface area contributed by atoms with Crippen LogP contribution in [0.5, 0.6) is 0 Å². The van der Waals surface area contributed by atoms with Gasteiger partial charge in [0, 0.05) is 28.6 Å². The molecule has 0 radical (unpaired) electrons. The van der Waals surface area contributed by atoms with Gasteiger partial charge in [-0.3, -0.25) is 0 Å². The van der Waals surface area contributed by atoms with Gasteiger partial charge in [-0.1, -0.05) is 51.1 Å². The van der Waals surface area contributed by atoms with Gasteiger partial charge in [0.1, 0.15) is 23.3 Å². The Morgan fingerprint density at radius 2 is 0.923 bits per heavy atom. The second-order valence-corrected chi connectivity index (χ2v) is 10.9. The van der Waals surface area contributed by atoms with Gasteiger partial charge >= 0.3 is 0 Å². The van der Waals surface area contributed by atoms with Crippen molar-refractivity contribution < 1.29 is 17.6 Å². The zero-order valence-electron chi connectivity index (χ0n) is 21.7. The van der Waals surface area contributed by atoms with Crippen molar-refractivity contribution in [2.24, 2.45) is 0 Å². The van der Waals surface area contributed by atoms with Crippen LogP contribution >= 0.6 is 0 Å². The van der Waals surface area contributed by atoms with Crippen LogP contribution in [0.15, 0.2) is 97.1 Å². The molecule has 0 aliphatic heterocycles. The predicted octanol–water partition coefficient (Wildman–Crippen LogP) is 9.97. The number of nitrogens with zero attached hydrogens (tertiary/aromatic N) is 1. The molecule has 6 aromatic rings. The second-order valence-electron chi connectivity index (χ2n) is 10.9. The molecule has 1 heterocycles. The first-order valence-electron chi connectivity index (χ1n) is 12.7. The summed E-state index contributed by atoms with van der Waals surface area (Å²) in [6, 6.07) is 26.6. The molecule has 39 heavy (non-hydrogen) atoms. The maximum atomic E-state index is 14.1. The van der Waals surface area contributed by atoms with E-state index in [0.29, 0.717) is 22.3 Å². The van der Waals surface area contributed by atoms with Crippen molar-refractivity contribution in [3.8, 4) is 27.9 Å². The Bertz CT molecular complexity index is 1740. The number of hydrogen-bond donors (Lipinski definition) is 0. The van der Waals surface area contributed by atoms with Crippen molar-refractivity contribution in [3.63, 3.8) is 0 Å². The van der Waals surface area contributed by atoms with E-state index in [1.54, 1.807) is 0 Å². The van der Waals surface area contributed by atoms with Crippen LogP contribution in [-0.4, -0.2) is 4.57 Å². The maximum absolute atomic E-state index is 14.1. The van der Waals surface area contributed by atoms with Crippen LogP contribution in [0, 0.1) is 23.3 Å². The Morgan fingerprint density at radius 1 is 0.487 bits per heavy atom. The topological polar surface area (TPSA) is 4.93 Å². The lowest BCUT2D eigenvalue weighted by Crippen LogP contribution is -2.15. The van der Waals surface area contributed by atoms with Crippen molar-refractivity contribution in [2.75, 3.05) is 0 Å². The molecule has 1 aromatic heterocycles. The van der Waals surface area contributed by atoms with E-state index in [4.69, 9.17) is 0 Å². The van der Waals surface area contributed by atoms with Gasteiger partial charge < -0.3 is 4.57 Å². The zero-order chi connectivity index (χ0) is 27.5. The molecule has 0 spiro atoms. The average molecular weight is 524 g/mol. The van der Waals surface area contributed by atoms with Gasteiger partial charge in [0.15, 0.2) is 0 Å². The number of para-hydroxylation sites is 1. The quantitative estimate of drug-likeness (QED) is 0.203. The predicted molar refractivity (Wildman–Crippen MR) is 150 cm³/mol. The first kappa shape index (κ1) is 24.9. The van der Waals surface area contributed by atoms with Gasteiger partial charge in [0.2, 0.25) is 0 Å². The molecule has 0 atom stereocenters. The molecule has 5 heteroatoms. The third kappa shape index (κ3) is 4.48. The summed E-state index contributed by atoms with van der Waals surface area (Å²) in [5, 5.41) is 1.71. The van der Waals surface area contributed by atoms with Crippen LogP contribution in [-0.2, 0) is 5.41 Å². The van der Waals surface area contributed by atoms with E-state index in [2.05, 4.69) is 37.5 Å². The lowest BCUT2D eigenvalue weighted by atomic mass is 9.85. The molecule has 0 amide bonds. The molecular weight excluding hydrogens is 498 g/mol. The first-order chi connectivity index (χ1) is 18.6. The molecule has 194 valence electrons. The molecule has 0 N–H and O–H groups in total. The molecule has 0 saturated heterocycles. The molecule has 0 aliphatic carbocycles. The molecule has 0 unspecified atom stereocenters. The van der Waals surface area contributed by atoms with Gasteiger partial charge in [-0.2, -0.15) is 0 Å². The van der Waals surface area contributed by atoms with Gasteiger partial charge in [-0.05, 0) is 87.8 Å². The lowest BCUT2D eigenvalue weighted by Gasteiger charge is -2.24. The Labute approximate surface area is 224 Å². The molecule has 1 nitrogen and oxygen atoms in total. The summed E-state index contributed by atoms with van der Waals surface area (Å²) in [6.45, 7) is 6.48. The summed E-state index contributed by atoms with van der Waals surface area (Å²) in [6.07, 6.45) is 0. The number of rotatable bonds is 3. The number of fused-ring (bicyclic) bond motifs is 3. The summed E-state index contributed by atoms with van der Waals surface area (Å²) in [5.74, 6) is -2.60. The van der Waals surface area contributed by atoms with E-state index in [9.17, 15) is 17.6 Å². The van der Waals surface area contributed by atoms with Crippen molar-refractivity contribution in [1.82, 2.24) is 4.57 Å². The summed E-state index contributed by atoms with van der Waals surface area (Å²) < 4.78 is 58.4. The van der Waals surface area contributed by atoms with Crippen molar-refractivity contribution >= 4 is 21.8 Å². The highest BCUT2D eigenvalue weighted by atomic mass is 19.1. The van der Waals surface area contributed by atoms with Gasteiger partial charge in [-0.25, -0.2) is 17.6 Å². The third-order valence-corrected chi connectivity index (χ3v) is 7.11. The molecule has 0 saturated carbocycles. The summed E-state index contributed by atoms with van der Waals surface area (Å²) >= 11 is 0. The third-order valence-electron chi connectivity index (χ3n) is 7.11. The molecule has 0 fully saturated rings. The number of halogens is 4. The molecule has 5 aromatic carbocycles. The van der Waals surface area contributed by atoms with Gasteiger partial charge in [0.05, 0.1) is 11.0 Å². The first-order valence-corrected chi connectivity index (χ1v) is 12.7. The normalized spacial score (nSPS) is 12.0. The lowest BCUT2D eigenvalue weighted by molar-refractivity contribution is 0.583. The van der Waals surface area contributed by atoms with Crippen molar-refractivity contribution in [3.05, 3.63) is 126 Å². The summed E-state index contributed by atoms with van der Waals surface area (Å²) in [7, 11) is 0. The van der Waals surface area contributed by atoms with Gasteiger partial charge in [0.25, 0.3) is 0 Å². The van der Waals surface area contributed by atoms with E-state index < -0.39 is 23.3 Å². The fourth-order valence-corrected chi connectivity index (χ4v) is 5.39. The largest absolute Gasteiger partial charge is 0.309 e. The second kappa shape index (κ2) is 9.12. The zero-order valence-corrected chi connectivity index (χ0v) is 21.7. The highest BCUT2D eigenvalue weighted by Crippen LogP contribution is 2.39. The minimum absolute atomic E-state index is 0.141. The highest BCUT2D eigenvalue weighted by molar-refractivity contribution is 6.11. The minimum atomic E-state index is -0.651. The fraction of sp³-hybridized carbons (Fsp3) is 0.118. The standard InChI is InChI=1S/C34H25F4N/c1-34(2,3)30-6-4-5-7-33(30)39-31-10-8-20(22-12-24(35)18-25(36)13-22)16-28(31)29-17-21(9-11-32(29)39)23-14-26(37)19-27(38)15-23/h4-19H,1-3H3. The van der Waals surface area contributed by atoms with Crippen LogP contribution in [0.25, 0.3) is 49.7 Å². The SMILES string of the molecule is CC(C)(C)c1ccccc1-n1c2ccc(-c3cc(F)cc(F)c3)cc2c2cc(-c3cc(F)cc(F)c3)ccc21. The number of benzene rings is 5. The van der Waals surface area contributed by atoms with Crippen LogP contribution in [0.3, 0.4) is 0 Å². The minimum Gasteiger partial charge on any atom is -0.309 e. The molecule has 0 bridgehead atoms. The maximum Gasteiger partial charge on any atom is 0.126 e. The Morgan fingerprint density at radius 3 is 1.36 bits per heavy atom. The van der Waals surface area contributed by atoms with E-state index >= 15 is 0 Å². The summed E-state index contributed by atoms with van der Waals surface area (Å²) in [4.78, 5) is 0. The molecule has 6 rings (SSSR count). The molecule has 0 aliphatic rings. The van der Waals surface area contributed by atoms with E-state index in [-0.39, 0.29) is 5.41 Å². The van der Waals surface area contributed by atoms with E-state index in [1.165, 1.54) is 24.3 Å². The van der Waals surface area contributed by atoms with Crippen LogP contribution in [0.1, 0.15) is 26.3 Å². The number of aromatic nitrogens is 1. The van der Waals surface area contributed by atoms with Crippen LogP contribution < -0.4 is 0 Å². The smallest absolute Gasteiger partial charge is 0.126 e. The van der Waals surface area contributed by atoms with E-state index in [0.717, 1.165) is 45.2 Å². The average Bonchev–Trinajstić information content (AvgIpc) is 3.20. The Balaban J connectivity index is 1.69. The highest BCUT2D eigenvalue weighted by Gasteiger charge is 2.22. The Kier molecular flexibility index (Phi) is 5.83. The van der Waals surface area contributed by atoms with E-state index in [1.807, 2.05) is 48.5 Å². The monoisotopic (exact) mass is 523 g/mol. The fourth-order valence-electron chi connectivity index (χ4n) is 5.39. The van der Waals surface area contributed by atoms with Gasteiger partial charge in [-0.15, -0.1) is 0 Å². The van der Waals surface area contributed by atoms with Crippen molar-refractivity contribution in [1.29, 1.82) is 0 Å².